The van der Waals surface area contributed by atoms with Gasteiger partial charge in [0.25, 0.3) is 0 Å². The van der Waals surface area contributed by atoms with Crippen LogP contribution in [0.1, 0.15) is 33.1 Å². The summed E-state index contributed by atoms with van der Waals surface area (Å²) in [5, 5.41) is 0. The topological polar surface area (TPSA) is 0 Å². The molecule has 0 heteroatoms. The Morgan fingerprint density at radius 1 is 1.12 bits per heavy atom. The lowest BCUT2D eigenvalue weighted by molar-refractivity contribution is 0.305. The molecule has 1 saturated carbocycles. The summed E-state index contributed by atoms with van der Waals surface area (Å²) in [4.78, 5) is 0. The summed E-state index contributed by atoms with van der Waals surface area (Å²) < 4.78 is 0. The Kier molecular flexibility index (Phi) is 0.588. The zero-order valence-electron chi connectivity index (χ0n) is 5.62. The molecule has 0 aliphatic heterocycles. The Bertz CT molecular complexity index is 145. The lowest BCUT2D eigenvalue weighted by Gasteiger charge is -2.28. The summed E-state index contributed by atoms with van der Waals surface area (Å²) in [6.07, 6.45) is 4.39. The monoisotopic (exact) mass is 108 g/mol. The first-order chi connectivity index (χ1) is 3.77. The molecule has 1 fully saturated rings. The Morgan fingerprint density at radius 3 is 1.62 bits per heavy atom. The van der Waals surface area contributed by atoms with E-state index in [1.54, 1.807) is 11.1 Å². The van der Waals surface area contributed by atoms with Crippen molar-refractivity contribution in [2.75, 3.05) is 0 Å². The van der Waals surface area contributed by atoms with Gasteiger partial charge in [-0.1, -0.05) is 17.6 Å². The minimum absolute atomic E-state index is 0.722. The van der Waals surface area contributed by atoms with Gasteiger partial charge in [-0.2, -0.15) is 0 Å². The zero-order chi connectivity index (χ0) is 5.78. The van der Waals surface area contributed by atoms with Crippen LogP contribution in [-0.2, 0) is 0 Å². The molecule has 0 aromatic rings. The highest BCUT2D eigenvalue weighted by Gasteiger charge is 2.51. The summed E-state index contributed by atoms with van der Waals surface area (Å²) >= 11 is 0. The van der Waals surface area contributed by atoms with Crippen molar-refractivity contribution >= 4 is 0 Å². The van der Waals surface area contributed by atoms with Gasteiger partial charge in [0.05, 0.1) is 0 Å². The smallest absolute Gasteiger partial charge is 0.0121 e. The average Bonchev–Trinajstić information content (AvgIpc) is 2.10. The van der Waals surface area contributed by atoms with Crippen LogP contribution in [0.2, 0.25) is 0 Å². The van der Waals surface area contributed by atoms with Crippen molar-refractivity contribution in [1.82, 2.24) is 0 Å². The molecule has 2 aliphatic carbocycles. The van der Waals surface area contributed by atoms with Gasteiger partial charge in [0, 0.05) is 5.41 Å². The van der Waals surface area contributed by atoms with Crippen LogP contribution < -0.4 is 0 Å². The molecule has 0 heterocycles. The van der Waals surface area contributed by atoms with Crippen LogP contribution in [-0.4, -0.2) is 0 Å². The molecule has 0 bridgehead atoms. The van der Waals surface area contributed by atoms with Gasteiger partial charge in [-0.15, -0.1) is 0 Å². The first-order valence-corrected chi connectivity index (χ1v) is 3.46. The van der Waals surface area contributed by atoms with E-state index >= 15 is 0 Å². The first kappa shape index (κ1) is 4.60. The highest BCUT2D eigenvalue weighted by Crippen LogP contribution is 2.64. The number of rotatable bonds is 0. The Balaban J connectivity index is 2.17. The van der Waals surface area contributed by atoms with Crippen LogP contribution >= 0.6 is 0 Å². The second kappa shape index (κ2) is 1.02. The Morgan fingerprint density at radius 2 is 1.62 bits per heavy atom. The normalized spacial score (nSPS) is 30.8. The number of hydrogen-bond donors (Lipinski definition) is 0. The molecule has 0 unspecified atom stereocenters. The Hall–Kier alpha value is -0.260. The molecule has 0 atom stereocenters. The van der Waals surface area contributed by atoms with Crippen molar-refractivity contribution in [3.8, 4) is 0 Å². The lowest BCUT2D eigenvalue weighted by atomic mass is 9.76. The van der Waals surface area contributed by atoms with Gasteiger partial charge >= 0.3 is 0 Å². The van der Waals surface area contributed by atoms with E-state index in [1.165, 1.54) is 19.3 Å². The largest absolute Gasteiger partial charge is 0.0632 e. The summed E-state index contributed by atoms with van der Waals surface area (Å²) in [5.41, 5.74) is 4.12. The summed E-state index contributed by atoms with van der Waals surface area (Å²) in [7, 11) is 0. The number of hydrogen-bond acceptors (Lipinski definition) is 0. The highest BCUT2D eigenvalue weighted by molar-refractivity contribution is 5.48. The molecule has 0 radical (unpaired) electrons. The van der Waals surface area contributed by atoms with Gasteiger partial charge < -0.3 is 0 Å². The highest BCUT2D eigenvalue weighted by atomic mass is 14.6. The van der Waals surface area contributed by atoms with Crippen molar-refractivity contribution in [3.63, 3.8) is 0 Å². The van der Waals surface area contributed by atoms with E-state index in [-0.39, 0.29) is 0 Å². The third-order valence-corrected chi connectivity index (χ3v) is 3.14. The molecule has 8 heavy (non-hydrogen) atoms. The van der Waals surface area contributed by atoms with Crippen LogP contribution in [0.3, 0.4) is 0 Å². The molecule has 0 saturated heterocycles. The minimum Gasteiger partial charge on any atom is -0.0632 e. The van der Waals surface area contributed by atoms with Crippen molar-refractivity contribution in [2.24, 2.45) is 5.41 Å². The van der Waals surface area contributed by atoms with Crippen molar-refractivity contribution in [2.45, 2.75) is 33.1 Å². The van der Waals surface area contributed by atoms with E-state index in [9.17, 15) is 0 Å². The second-order valence-electron chi connectivity index (χ2n) is 3.19. The predicted octanol–water partition coefficient (Wildman–Crippen LogP) is 2.51. The van der Waals surface area contributed by atoms with E-state index in [2.05, 4.69) is 13.8 Å². The van der Waals surface area contributed by atoms with Crippen LogP contribution in [0.15, 0.2) is 11.1 Å². The molecule has 0 aromatic heterocycles. The molecule has 0 aromatic carbocycles. The molecule has 1 spiro atoms. The first-order valence-electron chi connectivity index (χ1n) is 3.46. The fraction of sp³-hybridized carbons (Fsp3) is 0.750. The van der Waals surface area contributed by atoms with E-state index in [0.717, 1.165) is 5.41 Å². The third kappa shape index (κ3) is 0.273. The lowest BCUT2D eigenvalue weighted by Crippen LogP contribution is -2.16. The molecular formula is C8H12. The quantitative estimate of drug-likeness (QED) is 0.418. The summed E-state index contributed by atoms with van der Waals surface area (Å²) in [6.45, 7) is 4.57. The third-order valence-electron chi connectivity index (χ3n) is 3.14. The summed E-state index contributed by atoms with van der Waals surface area (Å²) in [5.74, 6) is 0. The van der Waals surface area contributed by atoms with Crippen LogP contribution in [0, 0.1) is 5.41 Å². The van der Waals surface area contributed by atoms with Gasteiger partial charge in [-0.25, -0.2) is 0 Å². The van der Waals surface area contributed by atoms with Gasteiger partial charge in [0.2, 0.25) is 0 Å². The van der Waals surface area contributed by atoms with Gasteiger partial charge in [0.15, 0.2) is 0 Å². The van der Waals surface area contributed by atoms with Gasteiger partial charge in [-0.05, 0) is 26.7 Å². The fourth-order valence-electron chi connectivity index (χ4n) is 1.97. The van der Waals surface area contributed by atoms with Crippen LogP contribution in [0.5, 0.6) is 0 Å². The average molecular weight is 108 g/mol. The van der Waals surface area contributed by atoms with Crippen molar-refractivity contribution in [1.29, 1.82) is 0 Å². The molecule has 2 aliphatic rings. The fourth-order valence-corrected chi connectivity index (χ4v) is 1.97. The van der Waals surface area contributed by atoms with E-state index < -0.39 is 0 Å². The molecule has 0 N–H and O–H groups in total. The van der Waals surface area contributed by atoms with Crippen LogP contribution in [0.4, 0.5) is 0 Å². The molecule has 0 amide bonds. The van der Waals surface area contributed by atoms with Gasteiger partial charge in [-0.3, -0.25) is 0 Å². The molecule has 2 rings (SSSR count). The Labute approximate surface area is 50.6 Å². The summed E-state index contributed by atoms with van der Waals surface area (Å²) in [6, 6.07) is 0. The van der Waals surface area contributed by atoms with Crippen molar-refractivity contribution in [3.05, 3.63) is 11.1 Å². The second-order valence-corrected chi connectivity index (χ2v) is 3.19. The molecular weight excluding hydrogens is 96.1 g/mol. The van der Waals surface area contributed by atoms with E-state index in [1.807, 2.05) is 0 Å². The molecule has 44 valence electrons. The van der Waals surface area contributed by atoms with Crippen molar-refractivity contribution < 1.29 is 0 Å². The molecule has 0 nitrogen and oxygen atoms in total. The van der Waals surface area contributed by atoms with Crippen LogP contribution in [0.25, 0.3) is 0 Å². The SMILES string of the molecule is CC1=C(C)C12CCC2. The zero-order valence-corrected chi connectivity index (χ0v) is 5.62. The number of allylic oxidation sites excluding steroid dienone is 2. The van der Waals surface area contributed by atoms with Gasteiger partial charge in [0.1, 0.15) is 0 Å². The predicted molar refractivity (Wildman–Crippen MR) is 34.7 cm³/mol. The van der Waals surface area contributed by atoms with E-state index in [0.29, 0.717) is 0 Å². The van der Waals surface area contributed by atoms with E-state index in [4.69, 9.17) is 0 Å². The maximum absolute atomic E-state index is 2.29. The standard InChI is InChI=1S/C8H12/c1-6-7(2)8(6)4-3-5-8/h3-5H2,1-2H3. The maximum atomic E-state index is 2.29. The maximum Gasteiger partial charge on any atom is 0.0121 e. The minimum atomic E-state index is 0.722.